The van der Waals surface area contributed by atoms with E-state index in [1.807, 2.05) is 6.07 Å². The van der Waals surface area contributed by atoms with Crippen molar-refractivity contribution in [1.29, 1.82) is 0 Å². The number of hydrogen-bond donors (Lipinski definition) is 2. The minimum Gasteiger partial charge on any atom is -0.491 e. The molecule has 0 saturated carbocycles. The zero-order valence-corrected chi connectivity index (χ0v) is 10.1. The molecule has 0 aliphatic rings. The van der Waals surface area contributed by atoms with Gasteiger partial charge in [-0.1, -0.05) is 0 Å². The maximum absolute atomic E-state index is 13.5. The first-order valence-corrected chi connectivity index (χ1v) is 5.68. The van der Waals surface area contributed by atoms with Gasteiger partial charge in [-0.3, -0.25) is 0 Å². The summed E-state index contributed by atoms with van der Waals surface area (Å²) in [6.07, 6.45) is 1.59. The molecule has 2 rings (SSSR count). The topological polar surface area (TPSA) is 60.4 Å². The molecule has 96 valence electrons. The summed E-state index contributed by atoms with van der Waals surface area (Å²) < 4.78 is 23.8. The molecule has 0 amide bonds. The maximum atomic E-state index is 13.5. The van der Waals surface area contributed by atoms with Crippen molar-refractivity contribution in [2.75, 3.05) is 17.7 Å². The van der Waals surface area contributed by atoms with Crippen molar-refractivity contribution in [2.24, 2.45) is 0 Å². The molecule has 5 heteroatoms. The van der Waals surface area contributed by atoms with Crippen molar-refractivity contribution in [2.45, 2.75) is 13.5 Å². The van der Waals surface area contributed by atoms with E-state index in [2.05, 4.69) is 5.32 Å². The van der Waals surface area contributed by atoms with E-state index in [4.69, 9.17) is 14.9 Å². The normalized spacial score (nSPS) is 10.3. The predicted molar refractivity (Wildman–Crippen MR) is 68.0 cm³/mol. The molecule has 1 aromatic carbocycles. The Morgan fingerprint density at radius 1 is 1.44 bits per heavy atom. The fraction of sp³-hybridized carbons (Fsp3) is 0.231. The second kappa shape index (κ2) is 5.44. The van der Waals surface area contributed by atoms with E-state index in [-0.39, 0.29) is 5.75 Å². The van der Waals surface area contributed by atoms with Crippen molar-refractivity contribution >= 4 is 11.4 Å². The lowest BCUT2D eigenvalue weighted by Gasteiger charge is -2.11. The highest BCUT2D eigenvalue weighted by molar-refractivity contribution is 5.68. The van der Waals surface area contributed by atoms with Crippen LogP contribution in [-0.4, -0.2) is 6.61 Å². The number of benzene rings is 1. The first-order valence-electron chi connectivity index (χ1n) is 5.68. The predicted octanol–water partition coefficient (Wildman–Crippen LogP) is 3.01. The molecule has 1 heterocycles. The highest BCUT2D eigenvalue weighted by Crippen LogP contribution is 2.28. The van der Waals surface area contributed by atoms with Gasteiger partial charge in [0.05, 0.1) is 30.8 Å². The van der Waals surface area contributed by atoms with Gasteiger partial charge in [-0.2, -0.15) is 0 Å². The first-order chi connectivity index (χ1) is 8.70. The quantitative estimate of drug-likeness (QED) is 0.801. The van der Waals surface area contributed by atoms with Gasteiger partial charge in [-0.25, -0.2) is 4.39 Å². The van der Waals surface area contributed by atoms with Crippen LogP contribution in [0.4, 0.5) is 15.8 Å². The van der Waals surface area contributed by atoms with Gasteiger partial charge in [0, 0.05) is 12.1 Å². The molecule has 2 aromatic rings. The second-order valence-electron chi connectivity index (χ2n) is 3.74. The molecule has 0 atom stereocenters. The summed E-state index contributed by atoms with van der Waals surface area (Å²) in [4.78, 5) is 0. The van der Waals surface area contributed by atoms with Crippen molar-refractivity contribution in [3.05, 3.63) is 42.1 Å². The number of nitrogens with one attached hydrogen (secondary N) is 1. The summed E-state index contributed by atoms with van der Waals surface area (Å²) >= 11 is 0. The number of rotatable bonds is 5. The summed E-state index contributed by atoms with van der Waals surface area (Å²) in [6, 6.07) is 6.44. The minimum atomic E-state index is -0.460. The number of nitrogens with two attached hydrogens (primary N) is 1. The van der Waals surface area contributed by atoms with E-state index in [1.165, 1.54) is 6.07 Å². The molecule has 0 aliphatic heterocycles. The minimum absolute atomic E-state index is 0.189. The monoisotopic (exact) mass is 250 g/mol. The van der Waals surface area contributed by atoms with E-state index in [0.717, 1.165) is 5.76 Å². The lowest BCUT2D eigenvalue weighted by molar-refractivity contribution is 0.322. The Kier molecular flexibility index (Phi) is 3.72. The Hall–Kier alpha value is -2.17. The lowest BCUT2D eigenvalue weighted by Crippen LogP contribution is -2.04. The van der Waals surface area contributed by atoms with E-state index in [1.54, 1.807) is 25.3 Å². The van der Waals surface area contributed by atoms with Gasteiger partial charge in [-0.05, 0) is 19.1 Å². The lowest BCUT2D eigenvalue weighted by atomic mass is 10.2. The third-order valence-electron chi connectivity index (χ3n) is 2.44. The summed E-state index contributed by atoms with van der Waals surface area (Å²) in [5.74, 6) is 0.503. The summed E-state index contributed by atoms with van der Waals surface area (Å²) in [5.41, 5.74) is 6.69. The Labute approximate surface area is 105 Å². The molecule has 0 unspecified atom stereocenters. The van der Waals surface area contributed by atoms with Crippen LogP contribution < -0.4 is 15.8 Å². The van der Waals surface area contributed by atoms with Crippen LogP contribution >= 0.6 is 0 Å². The molecule has 0 spiro atoms. The van der Waals surface area contributed by atoms with Crippen LogP contribution in [0.2, 0.25) is 0 Å². The fourth-order valence-corrected chi connectivity index (χ4v) is 1.58. The number of hydrogen-bond acceptors (Lipinski definition) is 4. The third-order valence-corrected chi connectivity index (χ3v) is 2.44. The van der Waals surface area contributed by atoms with Crippen LogP contribution in [0.5, 0.6) is 5.75 Å². The van der Waals surface area contributed by atoms with Crippen LogP contribution in [0.3, 0.4) is 0 Å². The standard InChI is InChI=1S/C13H15FN2O2/c1-2-17-13-7-12(11(15)6-10(13)14)16-8-9-4-3-5-18-9/h3-7,16H,2,8,15H2,1H3. The van der Waals surface area contributed by atoms with E-state index in [0.29, 0.717) is 24.5 Å². The fourth-order valence-electron chi connectivity index (χ4n) is 1.58. The Balaban J connectivity index is 2.13. The van der Waals surface area contributed by atoms with Gasteiger partial charge in [0.15, 0.2) is 11.6 Å². The Morgan fingerprint density at radius 2 is 2.28 bits per heavy atom. The number of halogens is 1. The average molecular weight is 250 g/mol. The molecule has 0 radical (unpaired) electrons. The maximum Gasteiger partial charge on any atom is 0.167 e. The molecule has 18 heavy (non-hydrogen) atoms. The first kappa shape index (κ1) is 12.3. The molecule has 3 N–H and O–H groups in total. The number of anilines is 2. The summed E-state index contributed by atoms with van der Waals surface area (Å²) in [6.45, 7) is 2.68. The van der Waals surface area contributed by atoms with Gasteiger partial charge in [0.1, 0.15) is 5.76 Å². The molecule has 0 saturated heterocycles. The summed E-state index contributed by atoms with van der Waals surface area (Å²) in [7, 11) is 0. The molecule has 0 aliphatic carbocycles. The SMILES string of the molecule is CCOc1cc(NCc2ccco2)c(N)cc1F. The number of furan rings is 1. The van der Waals surface area contributed by atoms with Crippen LogP contribution in [0, 0.1) is 5.82 Å². The number of ether oxygens (including phenoxy) is 1. The molecule has 1 aromatic heterocycles. The molecular weight excluding hydrogens is 235 g/mol. The Bertz CT molecular complexity index is 512. The van der Waals surface area contributed by atoms with Crippen molar-refractivity contribution in [1.82, 2.24) is 0 Å². The highest BCUT2D eigenvalue weighted by Gasteiger charge is 2.09. The second-order valence-corrected chi connectivity index (χ2v) is 3.74. The van der Waals surface area contributed by atoms with Crippen LogP contribution in [-0.2, 0) is 6.54 Å². The molecular formula is C13H15FN2O2. The highest BCUT2D eigenvalue weighted by atomic mass is 19.1. The largest absolute Gasteiger partial charge is 0.491 e. The van der Waals surface area contributed by atoms with Gasteiger partial charge in [-0.15, -0.1) is 0 Å². The van der Waals surface area contributed by atoms with Crippen molar-refractivity contribution < 1.29 is 13.5 Å². The zero-order chi connectivity index (χ0) is 13.0. The van der Waals surface area contributed by atoms with E-state index in [9.17, 15) is 4.39 Å². The smallest absolute Gasteiger partial charge is 0.167 e. The van der Waals surface area contributed by atoms with Crippen LogP contribution in [0.1, 0.15) is 12.7 Å². The Morgan fingerprint density at radius 3 is 2.94 bits per heavy atom. The molecule has 4 nitrogen and oxygen atoms in total. The third kappa shape index (κ3) is 2.74. The summed E-state index contributed by atoms with van der Waals surface area (Å²) in [5, 5.41) is 3.08. The average Bonchev–Trinajstić information content (AvgIpc) is 2.84. The van der Waals surface area contributed by atoms with Crippen molar-refractivity contribution in [3.63, 3.8) is 0 Å². The van der Waals surface area contributed by atoms with E-state index >= 15 is 0 Å². The molecule has 0 bridgehead atoms. The molecule has 0 fully saturated rings. The van der Waals surface area contributed by atoms with Crippen LogP contribution in [0.15, 0.2) is 34.9 Å². The van der Waals surface area contributed by atoms with Gasteiger partial charge in [0.25, 0.3) is 0 Å². The number of nitrogen functional groups attached to an aromatic ring is 1. The zero-order valence-electron chi connectivity index (χ0n) is 10.1. The van der Waals surface area contributed by atoms with Crippen molar-refractivity contribution in [3.8, 4) is 5.75 Å². The van der Waals surface area contributed by atoms with Gasteiger partial charge in [0.2, 0.25) is 0 Å². The van der Waals surface area contributed by atoms with Crippen LogP contribution in [0.25, 0.3) is 0 Å². The van der Waals surface area contributed by atoms with Gasteiger partial charge >= 0.3 is 0 Å². The van der Waals surface area contributed by atoms with E-state index < -0.39 is 5.82 Å². The van der Waals surface area contributed by atoms with Gasteiger partial charge < -0.3 is 20.2 Å².